The standard InChI is InChI=1S/C15H29ClO3Si/c1-11-12(8-9-16)13(17-5)10-14(18-11)19-20(6,7)15(2,3)4/h8,11,13-14H,9-10H2,1-7H3/b12-8-/t11-,13-,14-/m0/s1. The lowest BCUT2D eigenvalue weighted by molar-refractivity contribution is -0.155. The second kappa shape index (κ2) is 6.92. The van der Waals surface area contributed by atoms with Gasteiger partial charge in [0.2, 0.25) is 0 Å². The highest BCUT2D eigenvalue weighted by Gasteiger charge is 2.42. The molecule has 118 valence electrons. The normalized spacial score (nSPS) is 30.8. The van der Waals surface area contributed by atoms with Gasteiger partial charge in [0.05, 0.1) is 12.2 Å². The highest BCUT2D eigenvalue weighted by Crippen LogP contribution is 2.39. The third-order valence-electron chi connectivity index (χ3n) is 4.43. The SMILES string of the molecule is CO[C@H]1C[C@H](O[Si](C)(C)C(C)(C)C)O[C@@H](C)/C1=C/CCl. The molecule has 3 nitrogen and oxygen atoms in total. The molecule has 3 atom stereocenters. The quantitative estimate of drug-likeness (QED) is 0.438. The van der Waals surface area contributed by atoms with Gasteiger partial charge in [-0.05, 0) is 30.6 Å². The molecule has 0 bridgehead atoms. The van der Waals surface area contributed by atoms with Gasteiger partial charge in [-0.3, -0.25) is 0 Å². The molecule has 0 aromatic carbocycles. The Hall–Kier alpha value is 0.127. The van der Waals surface area contributed by atoms with Gasteiger partial charge < -0.3 is 13.9 Å². The Kier molecular flexibility index (Phi) is 6.29. The molecule has 0 spiro atoms. The van der Waals surface area contributed by atoms with Gasteiger partial charge in [0.25, 0.3) is 0 Å². The van der Waals surface area contributed by atoms with Crippen molar-refractivity contribution in [3.05, 3.63) is 11.6 Å². The monoisotopic (exact) mass is 320 g/mol. The number of ether oxygens (including phenoxy) is 2. The third-order valence-corrected chi connectivity index (χ3v) is 9.05. The van der Waals surface area contributed by atoms with Crippen LogP contribution in [-0.2, 0) is 13.9 Å². The number of hydrogen-bond acceptors (Lipinski definition) is 3. The zero-order valence-corrected chi connectivity index (χ0v) is 15.6. The van der Waals surface area contributed by atoms with Crippen molar-refractivity contribution in [2.75, 3.05) is 13.0 Å². The molecule has 0 aromatic rings. The Morgan fingerprint density at radius 3 is 2.45 bits per heavy atom. The molecule has 5 heteroatoms. The summed E-state index contributed by atoms with van der Waals surface area (Å²) in [5.41, 5.74) is 1.12. The van der Waals surface area contributed by atoms with Crippen molar-refractivity contribution in [1.29, 1.82) is 0 Å². The maximum Gasteiger partial charge on any atom is 0.195 e. The molecule has 0 amide bonds. The van der Waals surface area contributed by atoms with Crippen molar-refractivity contribution in [3.8, 4) is 0 Å². The van der Waals surface area contributed by atoms with Crippen LogP contribution in [-0.4, -0.2) is 39.8 Å². The molecule has 1 fully saturated rings. The largest absolute Gasteiger partial charge is 0.392 e. The van der Waals surface area contributed by atoms with Gasteiger partial charge in [0.1, 0.15) is 0 Å². The van der Waals surface area contributed by atoms with Crippen LogP contribution in [0.3, 0.4) is 0 Å². The molecule has 0 saturated carbocycles. The number of rotatable bonds is 4. The minimum Gasteiger partial charge on any atom is -0.392 e. The lowest BCUT2D eigenvalue weighted by atomic mass is 9.98. The van der Waals surface area contributed by atoms with Gasteiger partial charge in [0, 0.05) is 19.4 Å². The lowest BCUT2D eigenvalue weighted by Gasteiger charge is -2.43. The van der Waals surface area contributed by atoms with Crippen LogP contribution in [0.4, 0.5) is 0 Å². The molecule has 0 N–H and O–H groups in total. The van der Waals surface area contributed by atoms with Crippen molar-refractivity contribution >= 4 is 19.9 Å². The van der Waals surface area contributed by atoms with E-state index in [0.717, 1.165) is 12.0 Å². The average molecular weight is 321 g/mol. The zero-order chi connectivity index (χ0) is 15.6. The number of methoxy groups -OCH3 is 1. The van der Waals surface area contributed by atoms with E-state index in [2.05, 4.69) is 33.9 Å². The van der Waals surface area contributed by atoms with E-state index in [1.807, 2.05) is 13.0 Å². The molecule has 1 rings (SSSR count). The van der Waals surface area contributed by atoms with E-state index >= 15 is 0 Å². The summed E-state index contributed by atoms with van der Waals surface area (Å²) in [6.07, 6.45) is 2.55. The summed E-state index contributed by atoms with van der Waals surface area (Å²) >= 11 is 5.81. The van der Waals surface area contributed by atoms with Gasteiger partial charge in [-0.15, -0.1) is 11.6 Å². The summed E-state index contributed by atoms with van der Waals surface area (Å²) < 4.78 is 18.0. The fraction of sp³-hybridized carbons (Fsp3) is 0.867. The van der Waals surface area contributed by atoms with E-state index in [-0.39, 0.29) is 23.5 Å². The van der Waals surface area contributed by atoms with E-state index in [0.29, 0.717) is 5.88 Å². The minimum absolute atomic E-state index is 0.0118. The fourth-order valence-corrected chi connectivity index (χ4v) is 3.48. The zero-order valence-electron chi connectivity index (χ0n) is 13.8. The van der Waals surface area contributed by atoms with Crippen LogP contribution in [0.2, 0.25) is 18.1 Å². The number of allylic oxidation sites excluding steroid dienone is 1. The van der Waals surface area contributed by atoms with Crippen LogP contribution >= 0.6 is 11.6 Å². The first kappa shape index (κ1) is 18.2. The van der Waals surface area contributed by atoms with Crippen molar-refractivity contribution in [2.45, 2.75) is 70.7 Å². The topological polar surface area (TPSA) is 27.7 Å². The van der Waals surface area contributed by atoms with Crippen LogP contribution in [0.15, 0.2) is 11.6 Å². The third kappa shape index (κ3) is 4.31. The minimum atomic E-state index is -1.83. The summed E-state index contributed by atoms with van der Waals surface area (Å²) in [4.78, 5) is 0. The van der Waals surface area contributed by atoms with Crippen LogP contribution < -0.4 is 0 Å². The molecule has 1 heterocycles. The van der Waals surface area contributed by atoms with Crippen LogP contribution in [0.25, 0.3) is 0 Å². The second-order valence-corrected chi connectivity index (χ2v) is 12.0. The van der Waals surface area contributed by atoms with E-state index in [1.165, 1.54) is 0 Å². The van der Waals surface area contributed by atoms with Crippen molar-refractivity contribution < 1.29 is 13.9 Å². The van der Waals surface area contributed by atoms with E-state index in [9.17, 15) is 0 Å². The predicted octanol–water partition coefficient (Wildman–Crippen LogP) is 4.32. The molecule has 20 heavy (non-hydrogen) atoms. The van der Waals surface area contributed by atoms with Crippen molar-refractivity contribution in [3.63, 3.8) is 0 Å². The summed E-state index contributed by atoms with van der Waals surface area (Å²) in [7, 11) is -0.101. The molecule has 0 aliphatic carbocycles. The molecular weight excluding hydrogens is 292 g/mol. The molecular formula is C15H29ClO3Si. The highest BCUT2D eigenvalue weighted by molar-refractivity contribution is 6.74. The molecule has 1 aliphatic heterocycles. The molecule has 0 unspecified atom stereocenters. The molecule has 1 saturated heterocycles. The predicted molar refractivity (Wildman–Crippen MR) is 86.8 cm³/mol. The molecule has 0 radical (unpaired) electrons. The highest BCUT2D eigenvalue weighted by atomic mass is 35.5. The van der Waals surface area contributed by atoms with Crippen LogP contribution in [0, 0.1) is 0 Å². The second-order valence-electron chi connectivity index (χ2n) is 6.90. The summed E-state index contributed by atoms with van der Waals surface area (Å²) in [6.45, 7) is 13.2. The average Bonchev–Trinajstić information content (AvgIpc) is 2.30. The summed E-state index contributed by atoms with van der Waals surface area (Å²) in [5.74, 6) is 0.483. The van der Waals surface area contributed by atoms with E-state index in [4.69, 9.17) is 25.5 Å². The number of halogens is 1. The summed E-state index contributed by atoms with van der Waals surface area (Å²) in [6, 6.07) is 0. The summed E-state index contributed by atoms with van der Waals surface area (Å²) in [5, 5.41) is 0.175. The van der Waals surface area contributed by atoms with Gasteiger partial charge in [-0.1, -0.05) is 26.8 Å². The maximum absolute atomic E-state index is 6.35. The smallest absolute Gasteiger partial charge is 0.195 e. The van der Waals surface area contributed by atoms with Gasteiger partial charge in [0.15, 0.2) is 14.6 Å². The first-order valence-corrected chi connectivity index (χ1v) is 10.7. The van der Waals surface area contributed by atoms with Crippen molar-refractivity contribution in [1.82, 2.24) is 0 Å². The Balaban J connectivity index is 2.80. The van der Waals surface area contributed by atoms with Gasteiger partial charge >= 0.3 is 0 Å². The van der Waals surface area contributed by atoms with Crippen LogP contribution in [0.5, 0.6) is 0 Å². The van der Waals surface area contributed by atoms with Crippen molar-refractivity contribution in [2.24, 2.45) is 0 Å². The first-order chi connectivity index (χ1) is 9.12. The van der Waals surface area contributed by atoms with E-state index < -0.39 is 8.32 Å². The Bertz CT molecular complexity index is 350. The Labute approximate surface area is 129 Å². The number of alkyl halides is 1. The Morgan fingerprint density at radius 1 is 1.40 bits per heavy atom. The number of hydrogen-bond donors (Lipinski definition) is 0. The Morgan fingerprint density at radius 2 is 2.00 bits per heavy atom. The van der Waals surface area contributed by atoms with Gasteiger partial charge in [-0.25, -0.2) is 0 Å². The lowest BCUT2D eigenvalue weighted by Crippen LogP contribution is -2.48. The maximum atomic E-state index is 6.35. The molecule has 1 aliphatic rings. The fourth-order valence-electron chi connectivity index (χ4n) is 2.13. The van der Waals surface area contributed by atoms with Gasteiger partial charge in [-0.2, -0.15) is 0 Å². The van der Waals surface area contributed by atoms with Crippen LogP contribution in [0.1, 0.15) is 34.1 Å². The first-order valence-electron chi connectivity index (χ1n) is 7.24. The molecule has 0 aromatic heterocycles. The van der Waals surface area contributed by atoms with E-state index in [1.54, 1.807) is 7.11 Å².